The number of anilines is 1. The SMILES string of the molecule is N#Cc1ccc(Oc2nc(N)nc3sccc23)cc1F. The van der Waals surface area contributed by atoms with E-state index in [1.54, 1.807) is 12.1 Å². The summed E-state index contributed by atoms with van der Waals surface area (Å²) in [6, 6.07) is 7.53. The van der Waals surface area contributed by atoms with Gasteiger partial charge in [0.1, 0.15) is 22.5 Å². The Morgan fingerprint density at radius 1 is 1.30 bits per heavy atom. The molecular weight excluding hydrogens is 279 g/mol. The van der Waals surface area contributed by atoms with Gasteiger partial charge in [-0.25, -0.2) is 9.37 Å². The summed E-state index contributed by atoms with van der Waals surface area (Å²) in [7, 11) is 0. The fourth-order valence-corrected chi connectivity index (χ4v) is 2.44. The summed E-state index contributed by atoms with van der Waals surface area (Å²) in [5.41, 5.74) is 5.56. The standard InChI is InChI=1S/C13H7FN4OS/c14-10-5-8(2-1-7(10)6-15)19-11-9-3-4-20-12(9)18-13(16)17-11/h1-5H,(H2,16,17,18). The molecular formula is C13H7FN4OS. The largest absolute Gasteiger partial charge is 0.438 e. The number of nitrogens with two attached hydrogens (primary N) is 1. The Kier molecular flexibility index (Phi) is 2.93. The van der Waals surface area contributed by atoms with Crippen LogP contribution in [0.15, 0.2) is 29.6 Å². The number of nitrogens with zero attached hydrogens (tertiary/aromatic N) is 3. The smallest absolute Gasteiger partial charge is 0.232 e. The number of hydrogen-bond donors (Lipinski definition) is 1. The van der Waals surface area contributed by atoms with E-state index in [4.69, 9.17) is 15.7 Å². The van der Waals surface area contributed by atoms with E-state index in [0.29, 0.717) is 10.2 Å². The fourth-order valence-electron chi connectivity index (χ4n) is 1.68. The lowest BCUT2D eigenvalue weighted by molar-refractivity contribution is 0.464. The van der Waals surface area contributed by atoms with Gasteiger partial charge < -0.3 is 10.5 Å². The van der Waals surface area contributed by atoms with Crippen LogP contribution in [0.3, 0.4) is 0 Å². The Bertz CT molecular complexity index is 840. The van der Waals surface area contributed by atoms with Crippen LogP contribution in [-0.4, -0.2) is 9.97 Å². The van der Waals surface area contributed by atoms with Crippen molar-refractivity contribution in [2.45, 2.75) is 0 Å². The minimum atomic E-state index is -0.645. The molecule has 0 aliphatic heterocycles. The van der Waals surface area contributed by atoms with Crippen molar-refractivity contribution in [3.05, 3.63) is 41.0 Å². The first-order valence-electron chi connectivity index (χ1n) is 5.55. The third-order valence-electron chi connectivity index (χ3n) is 2.58. The lowest BCUT2D eigenvalue weighted by Crippen LogP contribution is -1.97. The van der Waals surface area contributed by atoms with Crippen LogP contribution in [0, 0.1) is 17.1 Å². The molecule has 0 aliphatic rings. The van der Waals surface area contributed by atoms with E-state index in [1.807, 2.05) is 5.38 Å². The fraction of sp³-hybridized carbons (Fsp3) is 0. The highest BCUT2D eigenvalue weighted by Crippen LogP contribution is 2.31. The number of halogens is 1. The van der Waals surface area contributed by atoms with E-state index in [9.17, 15) is 4.39 Å². The van der Waals surface area contributed by atoms with Gasteiger partial charge >= 0.3 is 0 Å². The zero-order valence-corrected chi connectivity index (χ0v) is 10.8. The highest BCUT2D eigenvalue weighted by Gasteiger charge is 2.11. The average Bonchev–Trinajstić information content (AvgIpc) is 2.87. The van der Waals surface area contributed by atoms with Gasteiger partial charge in [-0.2, -0.15) is 10.2 Å². The molecule has 2 aromatic heterocycles. The molecule has 1 aromatic carbocycles. The van der Waals surface area contributed by atoms with E-state index < -0.39 is 5.82 Å². The second-order valence-corrected chi connectivity index (χ2v) is 4.78. The maximum absolute atomic E-state index is 13.5. The third-order valence-corrected chi connectivity index (χ3v) is 3.39. The molecule has 2 N–H and O–H groups in total. The number of rotatable bonds is 2. The minimum Gasteiger partial charge on any atom is -0.438 e. The van der Waals surface area contributed by atoms with Crippen molar-refractivity contribution in [2.75, 3.05) is 5.73 Å². The van der Waals surface area contributed by atoms with Crippen LogP contribution in [0.2, 0.25) is 0 Å². The average molecular weight is 286 g/mol. The Balaban J connectivity index is 2.03. The lowest BCUT2D eigenvalue weighted by atomic mass is 10.2. The summed E-state index contributed by atoms with van der Waals surface area (Å²) in [6.07, 6.45) is 0. The second kappa shape index (κ2) is 4.75. The normalized spacial score (nSPS) is 10.4. The number of aromatic nitrogens is 2. The molecule has 0 unspecified atom stereocenters. The van der Waals surface area contributed by atoms with E-state index in [1.165, 1.54) is 23.5 Å². The minimum absolute atomic E-state index is 0.0415. The molecule has 0 saturated heterocycles. The first-order valence-corrected chi connectivity index (χ1v) is 6.43. The van der Waals surface area contributed by atoms with Crippen molar-refractivity contribution >= 4 is 27.5 Å². The van der Waals surface area contributed by atoms with Crippen molar-refractivity contribution in [3.63, 3.8) is 0 Å². The number of benzene rings is 1. The maximum Gasteiger partial charge on any atom is 0.232 e. The third kappa shape index (κ3) is 2.13. The number of nitrogen functional groups attached to an aromatic ring is 1. The number of ether oxygens (including phenoxy) is 1. The van der Waals surface area contributed by atoms with E-state index in [2.05, 4.69) is 9.97 Å². The van der Waals surface area contributed by atoms with Gasteiger partial charge in [-0.15, -0.1) is 11.3 Å². The first kappa shape index (κ1) is 12.3. The highest BCUT2D eigenvalue weighted by atomic mass is 32.1. The summed E-state index contributed by atoms with van der Waals surface area (Å²) in [6.45, 7) is 0. The quantitative estimate of drug-likeness (QED) is 0.782. The Labute approximate surface area is 117 Å². The van der Waals surface area contributed by atoms with Gasteiger partial charge in [0.05, 0.1) is 10.9 Å². The molecule has 0 aliphatic carbocycles. The Morgan fingerprint density at radius 3 is 2.90 bits per heavy atom. The van der Waals surface area contributed by atoms with Crippen LogP contribution >= 0.6 is 11.3 Å². The number of thiophene rings is 1. The van der Waals surface area contributed by atoms with Crippen LogP contribution in [0.4, 0.5) is 10.3 Å². The first-order chi connectivity index (χ1) is 9.67. The van der Waals surface area contributed by atoms with Gasteiger partial charge in [-0.1, -0.05) is 0 Å². The zero-order chi connectivity index (χ0) is 14.1. The van der Waals surface area contributed by atoms with Crippen molar-refractivity contribution in [2.24, 2.45) is 0 Å². The van der Waals surface area contributed by atoms with Crippen molar-refractivity contribution < 1.29 is 9.13 Å². The lowest BCUT2D eigenvalue weighted by Gasteiger charge is -2.06. The van der Waals surface area contributed by atoms with Gasteiger partial charge in [0.25, 0.3) is 0 Å². The van der Waals surface area contributed by atoms with Crippen LogP contribution in [0.1, 0.15) is 5.56 Å². The zero-order valence-electron chi connectivity index (χ0n) is 10.0. The molecule has 0 radical (unpaired) electrons. The molecule has 7 heteroatoms. The van der Waals surface area contributed by atoms with Gasteiger partial charge in [-0.3, -0.25) is 0 Å². The molecule has 0 fully saturated rings. The molecule has 3 aromatic rings. The topological polar surface area (TPSA) is 84.8 Å². The van der Waals surface area contributed by atoms with Crippen LogP contribution in [0.5, 0.6) is 11.6 Å². The van der Waals surface area contributed by atoms with Crippen molar-refractivity contribution in [1.29, 1.82) is 5.26 Å². The monoisotopic (exact) mass is 286 g/mol. The summed E-state index contributed by atoms with van der Waals surface area (Å²) in [5.74, 6) is -0.0531. The second-order valence-electron chi connectivity index (χ2n) is 3.88. The van der Waals surface area contributed by atoms with Crippen LogP contribution < -0.4 is 10.5 Å². The molecule has 0 atom stereocenters. The van der Waals surface area contributed by atoms with Gasteiger partial charge in [0.2, 0.25) is 11.8 Å². The molecule has 0 saturated carbocycles. The molecule has 0 bridgehead atoms. The Hall–Kier alpha value is -2.72. The van der Waals surface area contributed by atoms with Crippen molar-refractivity contribution in [1.82, 2.24) is 9.97 Å². The highest BCUT2D eigenvalue weighted by molar-refractivity contribution is 7.16. The molecule has 0 spiro atoms. The van der Waals surface area contributed by atoms with E-state index >= 15 is 0 Å². The van der Waals surface area contributed by atoms with E-state index in [0.717, 1.165) is 6.07 Å². The molecule has 2 heterocycles. The predicted molar refractivity (Wildman–Crippen MR) is 73.0 cm³/mol. The van der Waals surface area contributed by atoms with Gasteiger partial charge in [-0.05, 0) is 23.6 Å². The maximum atomic E-state index is 13.5. The van der Waals surface area contributed by atoms with Crippen molar-refractivity contribution in [3.8, 4) is 17.7 Å². The molecule has 20 heavy (non-hydrogen) atoms. The number of nitriles is 1. The molecule has 98 valence electrons. The predicted octanol–water partition coefficient (Wildman–Crippen LogP) is 3.08. The molecule has 3 rings (SSSR count). The van der Waals surface area contributed by atoms with Crippen LogP contribution in [-0.2, 0) is 0 Å². The number of hydrogen-bond acceptors (Lipinski definition) is 6. The summed E-state index contributed by atoms with van der Waals surface area (Å²) in [4.78, 5) is 8.77. The summed E-state index contributed by atoms with van der Waals surface area (Å²) < 4.78 is 19.1. The summed E-state index contributed by atoms with van der Waals surface area (Å²) in [5, 5.41) is 11.2. The van der Waals surface area contributed by atoms with Gasteiger partial charge in [0, 0.05) is 6.07 Å². The summed E-state index contributed by atoms with van der Waals surface area (Å²) >= 11 is 1.41. The van der Waals surface area contributed by atoms with Gasteiger partial charge in [0.15, 0.2) is 0 Å². The van der Waals surface area contributed by atoms with E-state index in [-0.39, 0.29) is 23.1 Å². The number of fused-ring (bicyclic) bond motifs is 1. The molecule has 0 amide bonds. The van der Waals surface area contributed by atoms with Crippen LogP contribution in [0.25, 0.3) is 10.2 Å². The Morgan fingerprint density at radius 2 is 2.15 bits per heavy atom. The molecule has 5 nitrogen and oxygen atoms in total.